The molecule has 0 radical (unpaired) electrons. The van der Waals surface area contributed by atoms with Crippen LogP contribution in [0.4, 0.5) is 0 Å². The molecule has 1 aromatic carbocycles. The second-order valence-electron chi connectivity index (χ2n) is 11.1. The van der Waals surface area contributed by atoms with Crippen molar-refractivity contribution in [3.63, 3.8) is 0 Å². The second kappa shape index (κ2) is 8.49. The highest BCUT2D eigenvalue weighted by Crippen LogP contribution is 2.49. The number of likely N-dealkylation sites (tertiary alicyclic amines) is 1. The summed E-state index contributed by atoms with van der Waals surface area (Å²) in [6.07, 6.45) is 8.62. The van der Waals surface area contributed by atoms with Crippen LogP contribution in [0.3, 0.4) is 0 Å². The van der Waals surface area contributed by atoms with Crippen LogP contribution in [0.25, 0.3) is 0 Å². The molecule has 1 N–H and O–H groups in total. The van der Waals surface area contributed by atoms with Crippen molar-refractivity contribution in [1.82, 2.24) is 25.1 Å². The maximum absolute atomic E-state index is 13.2. The molecule has 9 nitrogen and oxygen atoms in total. The molecule has 5 heterocycles. The zero-order chi connectivity index (χ0) is 25.3. The topological polar surface area (TPSA) is 105 Å². The van der Waals surface area contributed by atoms with Crippen LogP contribution in [0.5, 0.6) is 5.75 Å². The monoisotopic (exact) mass is 521 g/mol. The number of benzene rings is 1. The molecule has 2 atom stereocenters. The summed E-state index contributed by atoms with van der Waals surface area (Å²) < 4.78 is 6.55. The van der Waals surface area contributed by atoms with E-state index in [2.05, 4.69) is 20.2 Å². The van der Waals surface area contributed by atoms with E-state index in [1.54, 1.807) is 17.3 Å². The Labute approximate surface area is 219 Å². The lowest BCUT2D eigenvalue weighted by Crippen LogP contribution is -2.73. The Hall–Kier alpha value is -3.04. The van der Waals surface area contributed by atoms with Gasteiger partial charge >= 0.3 is 0 Å². The Morgan fingerprint density at radius 3 is 2.54 bits per heavy atom. The molecule has 2 bridgehead atoms. The van der Waals surface area contributed by atoms with E-state index in [1.807, 2.05) is 18.2 Å². The van der Waals surface area contributed by atoms with Gasteiger partial charge in [0.15, 0.2) is 0 Å². The number of imide groups is 1. The van der Waals surface area contributed by atoms with E-state index in [9.17, 15) is 14.4 Å². The number of carbonyl (C=O) groups excluding carboxylic acids is 3. The number of hydrogen-bond acceptors (Lipinski definition) is 7. The fourth-order valence-electron chi connectivity index (χ4n) is 6.80. The summed E-state index contributed by atoms with van der Waals surface area (Å²) in [6.45, 7) is 2.18. The van der Waals surface area contributed by atoms with E-state index in [0.29, 0.717) is 41.9 Å². The molecular formula is C27H28ClN5O4. The lowest BCUT2D eigenvalue weighted by atomic mass is 9.63. The maximum atomic E-state index is 13.2. The predicted octanol–water partition coefficient (Wildman–Crippen LogP) is 2.68. The van der Waals surface area contributed by atoms with E-state index >= 15 is 0 Å². The van der Waals surface area contributed by atoms with Crippen molar-refractivity contribution in [3.05, 3.63) is 52.6 Å². The Morgan fingerprint density at radius 2 is 1.78 bits per heavy atom. The highest BCUT2D eigenvalue weighted by atomic mass is 35.5. The van der Waals surface area contributed by atoms with Crippen molar-refractivity contribution >= 4 is 29.3 Å². The summed E-state index contributed by atoms with van der Waals surface area (Å²) in [5.41, 5.74) is 0.594. The molecule has 3 saturated heterocycles. The lowest BCUT2D eigenvalue weighted by Gasteiger charge is -2.53. The summed E-state index contributed by atoms with van der Waals surface area (Å²) in [5, 5.41) is 2.99. The molecule has 2 aromatic rings. The molecule has 10 heteroatoms. The first-order valence-electron chi connectivity index (χ1n) is 13.1. The normalized spacial score (nSPS) is 31.4. The van der Waals surface area contributed by atoms with E-state index in [0.717, 1.165) is 49.5 Å². The van der Waals surface area contributed by atoms with Gasteiger partial charge in [-0.1, -0.05) is 18.0 Å². The Kier molecular flexibility index (Phi) is 5.30. The molecule has 2 aliphatic carbocycles. The van der Waals surface area contributed by atoms with Crippen LogP contribution in [-0.2, 0) is 16.1 Å². The summed E-state index contributed by atoms with van der Waals surface area (Å²) in [7, 11) is 0. The zero-order valence-corrected chi connectivity index (χ0v) is 21.1. The molecular weight excluding hydrogens is 494 g/mol. The van der Waals surface area contributed by atoms with Crippen LogP contribution >= 0.6 is 11.6 Å². The number of fused-ring (bicyclic) bond motifs is 3. The lowest BCUT2D eigenvalue weighted by molar-refractivity contribution is -0.160. The van der Waals surface area contributed by atoms with Crippen LogP contribution in [0.1, 0.15) is 66.2 Å². The van der Waals surface area contributed by atoms with Gasteiger partial charge in [0.25, 0.3) is 11.8 Å². The summed E-state index contributed by atoms with van der Waals surface area (Å²) in [6, 6.07) is 5.98. The number of halogens is 1. The van der Waals surface area contributed by atoms with Gasteiger partial charge < -0.3 is 9.64 Å². The summed E-state index contributed by atoms with van der Waals surface area (Å²) in [4.78, 5) is 50.6. The molecule has 4 aliphatic heterocycles. The number of nitrogens with one attached hydrogen (secondary N) is 1. The quantitative estimate of drug-likeness (QED) is 0.603. The number of carbonyl (C=O) groups is 3. The van der Waals surface area contributed by atoms with Crippen molar-refractivity contribution < 1.29 is 19.1 Å². The minimum absolute atomic E-state index is 0.0770. The molecule has 5 fully saturated rings. The molecule has 1 aromatic heterocycles. The molecule has 6 aliphatic rings. The van der Waals surface area contributed by atoms with Gasteiger partial charge in [0, 0.05) is 55.5 Å². The zero-order valence-electron chi connectivity index (χ0n) is 20.4. The largest absolute Gasteiger partial charge is 0.489 e. The third-order valence-electron chi connectivity index (χ3n) is 8.94. The fraction of sp³-hybridized carbons (Fsp3) is 0.519. The van der Waals surface area contributed by atoms with Crippen molar-refractivity contribution in [2.24, 2.45) is 5.92 Å². The van der Waals surface area contributed by atoms with Gasteiger partial charge in [-0.25, -0.2) is 9.97 Å². The Bertz CT molecular complexity index is 1290. The Balaban J connectivity index is 1.03. The minimum Gasteiger partial charge on any atom is -0.489 e. The van der Waals surface area contributed by atoms with Crippen molar-refractivity contribution in [3.8, 4) is 5.75 Å². The van der Waals surface area contributed by atoms with E-state index in [1.165, 1.54) is 6.42 Å². The van der Waals surface area contributed by atoms with Crippen molar-refractivity contribution in [1.29, 1.82) is 0 Å². The standard InChI is InChI=1S/C27H28ClN5O4/c28-18-10-29-23(30-11-18)17-12-32(13-17)21-3-1-2-4-22(21)37-19-5-6-20-15(7-19)14-33(25(20)35)27-8-16(9-27)24(34)31-26(27)36/h5-7,10-11,16-17,21-22H,1-4,8-9,12-14H2,(H,31,34,36)/t16?,21-,22-,27?/m1/s1. The molecule has 2 saturated carbocycles. The number of hydrogen-bond donors (Lipinski definition) is 1. The van der Waals surface area contributed by atoms with Gasteiger partial charge in [-0.3, -0.25) is 24.6 Å². The number of ether oxygens (including phenoxy) is 1. The summed E-state index contributed by atoms with van der Waals surface area (Å²) >= 11 is 5.93. The number of piperidine rings is 2. The molecule has 192 valence electrons. The number of amides is 3. The Morgan fingerprint density at radius 1 is 1.03 bits per heavy atom. The average Bonchev–Trinajstić information content (AvgIpc) is 3.15. The maximum Gasteiger partial charge on any atom is 0.255 e. The molecule has 37 heavy (non-hydrogen) atoms. The van der Waals surface area contributed by atoms with Gasteiger partial charge in [0.05, 0.1) is 5.02 Å². The van der Waals surface area contributed by atoms with Gasteiger partial charge in [-0.2, -0.15) is 0 Å². The minimum atomic E-state index is -0.897. The van der Waals surface area contributed by atoms with Gasteiger partial charge in [-0.15, -0.1) is 0 Å². The average molecular weight is 522 g/mol. The molecule has 8 rings (SSSR count). The third-order valence-corrected chi connectivity index (χ3v) is 9.13. The van der Waals surface area contributed by atoms with E-state index < -0.39 is 5.54 Å². The van der Waals surface area contributed by atoms with Gasteiger partial charge in [0.1, 0.15) is 23.2 Å². The molecule has 0 spiro atoms. The van der Waals surface area contributed by atoms with Crippen LogP contribution in [0.2, 0.25) is 5.02 Å². The van der Waals surface area contributed by atoms with Crippen LogP contribution < -0.4 is 10.1 Å². The number of aromatic nitrogens is 2. The first-order chi connectivity index (χ1) is 17.9. The first-order valence-corrected chi connectivity index (χ1v) is 13.5. The fourth-order valence-corrected chi connectivity index (χ4v) is 6.90. The predicted molar refractivity (Wildman–Crippen MR) is 133 cm³/mol. The van der Waals surface area contributed by atoms with Gasteiger partial charge in [0.2, 0.25) is 5.91 Å². The molecule has 3 amide bonds. The molecule has 0 unspecified atom stereocenters. The van der Waals surface area contributed by atoms with Crippen LogP contribution in [-0.4, -0.2) is 68.3 Å². The highest BCUT2D eigenvalue weighted by Gasteiger charge is 2.63. The van der Waals surface area contributed by atoms with Crippen molar-refractivity contribution in [2.75, 3.05) is 13.1 Å². The van der Waals surface area contributed by atoms with E-state index in [-0.39, 0.29) is 29.7 Å². The second-order valence-corrected chi connectivity index (χ2v) is 11.5. The third kappa shape index (κ3) is 3.66. The van der Waals surface area contributed by atoms with Gasteiger partial charge in [-0.05, 0) is 55.9 Å². The number of rotatable bonds is 5. The van der Waals surface area contributed by atoms with Crippen molar-refractivity contribution in [2.45, 2.75) is 68.7 Å². The van der Waals surface area contributed by atoms with Crippen LogP contribution in [0, 0.1) is 5.92 Å². The van der Waals surface area contributed by atoms with Crippen LogP contribution in [0.15, 0.2) is 30.6 Å². The smallest absolute Gasteiger partial charge is 0.255 e. The van der Waals surface area contributed by atoms with E-state index in [4.69, 9.17) is 16.3 Å². The SMILES string of the molecule is O=C1NC(=O)C2(N3Cc4cc(O[C@@H]5CCCC[C@H]5N5CC(c6ncc(Cl)cn6)C5)ccc4C3=O)CC1C2. The highest BCUT2D eigenvalue weighted by molar-refractivity contribution is 6.30. The first kappa shape index (κ1) is 23.1. The summed E-state index contributed by atoms with van der Waals surface area (Å²) in [5.74, 6) is 1.03. The number of nitrogens with zero attached hydrogens (tertiary/aromatic N) is 4.